The van der Waals surface area contributed by atoms with E-state index in [1.807, 2.05) is 0 Å². The minimum absolute atomic E-state index is 0.144. The van der Waals surface area contributed by atoms with E-state index in [-0.39, 0.29) is 4.91 Å². The molecule has 0 radical (unpaired) electrons. The Hall–Kier alpha value is -3.31. The fraction of sp³-hybridized carbons (Fsp3) is 0.158. The maximum absolute atomic E-state index is 12.5. The molecule has 0 saturated carbocycles. The number of esters is 1. The molecule has 0 aliphatic carbocycles. The Balaban J connectivity index is 1.87. The van der Waals surface area contributed by atoms with Crippen molar-refractivity contribution in [1.29, 1.82) is 5.26 Å². The van der Waals surface area contributed by atoms with Gasteiger partial charge in [-0.3, -0.25) is 14.5 Å². The Morgan fingerprint density at radius 2 is 2.04 bits per heavy atom. The van der Waals surface area contributed by atoms with Crippen molar-refractivity contribution in [1.82, 2.24) is 4.90 Å². The van der Waals surface area contributed by atoms with Crippen molar-refractivity contribution in [3.63, 3.8) is 0 Å². The zero-order valence-electron chi connectivity index (χ0n) is 14.5. The number of ether oxygens (including phenoxy) is 1. The lowest BCUT2D eigenvalue weighted by Gasteiger charge is -2.18. The molecule has 1 aliphatic heterocycles. The molecule has 2 heterocycles. The standard InChI is InChI=1S/C19H14N2O5S/c1-11(18(23)25-2)21-17(22)16(27-19(21)24)9-13-7-8-15(26-13)14-6-4-3-5-12(14)10-20/h3-9,11H,1-2H3/b16-9+/t11-/m0/s1. The highest BCUT2D eigenvalue weighted by molar-refractivity contribution is 8.18. The third-order valence-corrected chi connectivity index (χ3v) is 4.85. The molecule has 2 amide bonds. The summed E-state index contributed by atoms with van der Waals surface area (Å²) in [5.74, 6) is -0.431. The van der Waals surface area contributed by atoms with Crippen molar-refractivity contribution in [2.24, 2.45) is 0 Å². The molecule has 0 spiro atoms. The summed E-state index contributed by atoms with van der Waals surface area (Å²) in [6.07, 6.45) is 1.44. The average Bonchev–Trinajstić information content (AvgIpc) is 3.25. The van der Waals surface area contributed by atoms with Gasteiger partial charge in [0.25, 0.3) is 11.1 Å². The highest BCUT2D eigenvalue weighted by Gasteiger charge is 2.41. The van der Waals surface area contributed by atoms with Gasteiger partial charge in [-0.15, -0.1) is 0 Å². The summed E-state index contributed by atoms with van der Waals surface area (Å²) in [5, 5.41) is 8.64. The number of hydrogen-bond donors (Lipinski definition) is 0. The number of furan rings is 1. The van der Waals surface area contributed by atoms with Crippen molar-refractivity contribution < 1.29 is 23.5 Å². The fourth-order valence-electron chi connectivity index (χ4n) is 2.59. The number of hydrogen-bond acceptors (Lipinski definition) is 7. The zero-order chi connectivity index (χ0) is 19.6. The lowest BCUT2D eigenvalue weighted by Crippen LogP contribution is -2.42. The molecule has 0 N–H and O–H groups in total. The number of rotatable bonds is 4. The Labute approximate surface area is 159 Å². The molecule has 7 nitrogen and oxygen atoms in total. The summed E-state index contributed by atoms with van der Waals surface area (Å²) in [4.78, 5) is 37.2. The molecule has 1 aromatic carbocycles. The monoisotopic (exact) mass is 382 g/mol. The average molecular weight is 382 g/mol. The number of carbonyl (C=O) groups is 3. The van der Waals surface area contributed by atoms with Crippen LogP contribution in [0.4, 0.5) is 4.79 Å². The van der Waals surface area contributed by atoms with Gasteiger partial charge in [-0.1, -0.05) is 12.1 Å². The Kier molecular flexibility index (Phi) is 5.14. The van der Waals surface area contributed by atoms with E-state index in [1.165, 1.54) is 20.1 Å². The van der Waals surface area contributed by atoms with Gasteiger partial charge in [0, 0.05) is 11.6 Å². The first-order chi connectivity index (χ1) is 13.0. The number of methoxy groups -OCH3 is 1. The summed E-state index contributed by atoms with van der Waals surface area (Å²) < 4.78 is 10.3. The number of nitrogens with zero attached hydrogens (tertiary/aromatic N) is 2. The number of thioether (sulfide) groups is 1. The van der Waals surface area contributed by atoms with Crippen LogP contribution in [-0.4, -0.2) is 35.2 Å². The predicted molar refractivity (Wildman–Crippen MR) is 98.1 cm³/mol. The first-order valence-electron chi connectivity index (χ1n) is 7.90. The highest BCUT2D eigenvalue weighted by atomic mass is 32.2. The summed E-state index contributed by atoms with van der Waals surface area (Å²) in [6.45, 7) is 1.43. The van der Waals surface area contributed by atoms with Crippen LogP contribution in [0.5, 0.6) is 0 Å². The molecule has 3 rings (SSSR count). The maximum Gasteiger partial charge on any atom is 0.328 e. The molecule has 27 heavy (non-hydrogen) atoms. The van der Waals surface area contributed by atoms with Crippen LogP contribution in [0.1, 0.15) is 18.2 Å². The Morgan fingerprint density at radius 3 is 2.74 bits per heavy atom. The van der Waals surface area contributed by atoms with Gasteiger partial charge in [-0.25, -0.2) is 4.79 Å². The van der Waals surface area contributed by atoms with E-state index >= 15 is 0 Å². The van der Waals surface area contributed by atoms with E-state index in [1.54, 1.807) is 36.4 Å². The smallest absolute Gasteiger partial charge is 0.328 e. The third kappa shape index (κ3) is 3.50. The third-order valence-electron chi connectivity index (χ3n) is 3.97. The van der Waals surface area contributed by atoms with Crippen molar-refractivity contribution in [2.75, 3.05) is 7.11 Å². The van der Waals surface area contributed by atoms with Crippen LogP contribution in [0.15, 0.2) is 45.7 Å². The van der Waals surface area contributed by atoms with Crippen LogP contribution in [0.25, 0.3) is 17.4 Å². The molecular weight excluding hydrogens is 368 g/mol. The van der Waals surface area contributed by atoms with Crippen molar-refractivity contribution in [3.05, 3.63) is 52.6 Å². The summed E-state index contributed by atoms with van der Waals surface area (Å²) >= 11 is 0.724. The molecule has 136 valence electrons. The number of imide groups is 1. The van der Waals surface area contributed by atoms with Crippen LogP contribution >= 0.6 is 11.8 Å². The summed E-state index contributed by atoms with van der Waals surface area (Å²) in [7, 11) is 1.19. The van der Waals surface area contributed by atoms with E-state index in [4.69, 9.17) is 4.42 Å². The Morgan fingerprint density at radius 1 is 1.30 bits per heavy atom. The molecular formula is C19H14N2O5S. The highest BCUT2D eigenvalue weighted by Crippen LogP contribution is 2.35. The number of amides is 2. The first kappa shape index (κ1) is 18.5. The normalized spacial score (nSPS) is 16.5. The second-order valence-corrected chi connectivity index (χ2v) is 6.60. The number of benzene rings is 1. The molecule has 1 atom stereocenters. The van der Waals surface area contributed by atoms with Gasteiger partial charge in [0.1, 0.15) is 17.6 Å². The predicted octanol–water partition coefficient (Wildman–Crippen LogP) is 3.42. The maximum atomic E-state index is 12.5. The molecule has 8 heteroatoms. The first-order valence-corrected chi connectivity index (χ1v) is 8.72. The van der Waals surface area contributed by atoms with Crippen LogP contribution in [0.2, 0.25) is 0 Å². The summed E-state index contributed by atoms with van der Waals surface area (Å²) in [5.41, 5.74) is 1.10. The van der Waals surface area contributed by atoms with Crippen LogP contribution in [0.3, 0.4) is 0 Å². The van der Waals surface area contributed by atoms with Gasteiger partial charge in [0.2, 0.25) is 0 Å². The summed E-state index contributed by atoms with van der Waals surface area (Å²) in [6, 6.07) is 11.4. The van der Waals surface area contributed by atoms with Crippen LogP contribution < -0.4 is 0 Å². The molecule has 1 saturated heterocycles. The topological polar surface area (TPSA) is 101 Å². The second kappa shape index (κ2) is 7.51. The second-order valence-electron chi connectivity index (χ2n) is 5.61. The van der Waals surface area contributed by atoms with Crippen LogP contribution in [-0.2, 0) is 14.3 Å². The van der Waals surface area contributed by atoms with E-state index in [2.05, 4.69) is 10.8 Å². The van der Waals surface area contributed by atoms with Crippen molar-refractivity contribution in [3.8, 4) is 17.4 Å². The molecule has 0 unspecified atom stereocenters. The van der Waals surface area contributed by atoms with Gasteiger partial charge in [0.05, 0.1) is 23.6 Å². The SMILES string of the molecule is COC(=O)[C@H](C)N1C(=O)S/C(=C/c2ccc(-c3ccccc3C#N)o2)C1=O. The minimum Gasteiger partial charge on any atom is -0.467 e. The molecule has 1 aromatic heterocycles. The van der Waals surface area contributed by atoms with Crippen molar-refractivity contribution >= 4 is 35.0 Å². The van der Waals surface area contributed by atoms with E-state index in [0.717, 1.165) is 16.7 Å². The lowest BCUT2D eigenvalue weighted by molar-refractivity contribution is -0.148. The van der Waals surface area contributed by atoms with Crippen LogP contribution in [0, 0.1) is 11.3 Å². The molecule has 1 aliphatic rings. The molecule has 2 aromatic rings. The number of nitriles is 1. The van der Waals surface area contributed by atoms with Gasteiger partial charge < -0.3 is 9.15 Å². The fourth-order valence-corrected chi connectivity index (χ4v) is 3.48. The minimum atomic E-state index is -1.01. The van der Waals surface area contributed by atoms with E-state index in [0.29, 0.717) is 22.6 Å². The largest absolute Gasteiger partial charge is 0.467 e. The van der Waals surface area contributed by atoms with Gasteiger partial charge in [-0.05, 0) is 43.0 Å². The van der Waals surface area contributed by atoms with Gasteiger partial charge >= 0.3 is 5.97 Å². The lowest BCUT2D eigenvalue weighted by atomic mass is 10.1. The zero-order valence-corrected chi connectivity index (χ0v) is 15.3. The molecule has 0 bridgehead atoms. The quantitative estimate of drug-likeness (QED) is 0.590. The van der Waals surface area contributed by atoms with Gasteiger partial charge in [0.15, 0.2) is 0 Å². The van der Waals surface area contributed by atoms with Gasteiger partial charge in [-0.2, -0.15) is 5.26 Å². The number of carbonyl (C=O) groups excluding carboxylic acids is 3. The molecule has 1 fully saturated rings. The van der Waals surface area contributed by atoms with Crippen molar-refractivity contribution in [2.45, 2.75) is 13.0 Å². The van der Waals surface area contributed by atoms with E-state index in [9.17, 15) is 19.6 Å². The van der Waals surface area contributed by atoms with E-state index < -0.39 is 23.2 Å². The Bertz CT molecular complexity index is 1000.